The van der Waals surface area contributed by atoms with E-state index in [1.165, 1.54) is 12.1 Å². The van der Waals surface area contributed by atoms with E-state index in [4.69, 9.17) is 25.7 Å². The average molecular weight is 639 g/mol. The van der Waals surface area contributed by atoms with Crippen molar-refractivity contribution in [2.75, 3.05) is 31.3 Å². The molecule has 0 aliphatic heterocycles. The molecule has 6 N–H and O–H groups in total. The SMILES string of the molecule is CCCCOc1ccc(-c2cc(N)c3c(c2O)C(=O)c2c(N)cc(-c4ccc(OCCCOC(=O)CCC)cc4)c(O)c2C3=O)cc1. The molecule has 4 aromatic carbocycles. The third kappa shape index (κ3) is 6.72. The number of esters is 1. The maximum absolute atomic E-state index is 13.9. The minimum Gasteiger partial charge on any atom is -0.506 e. The van der Waals surface area contributed by atoms with E-state index >= 15 is 0 Å². The Kier molecular flexibility index (Phi) is 9.99. The van der Waals surface area contributed by atoms with Gasteiger partial charge in [-0.2, -0.15) is 0 Å². The zero-order valence-corrected chi connectivity index (χ0v) is 26.4. The monoisotopic (exact) mass is 638 g/mol. The van der Waals surface area contributed by atoms with Gasteiger partial charge in [0.05, 0.1) is 42.1 Å². The highest BCUT2D eigenvalue weighted by Crippen LogP contribution is 2.48. The Labute approximate surface area is 272 Å². The quantitative estimate of drug-likeness (QED) is 0.0473. The minimum atomic E-state index is -0.723. The Morgan fingerprint density at radius 2 is 1.09 bits per heavy atom. The third-order valence-corrected chi connectivity index (χ3v) is 7.94. The van der Waals surface area contributed by atoms with E-state index in [1.54, 1.807) is 48.5 Å². The number of unbranched alkanes of at least 4 members (excludes halogenated alkanes) is 1. The lowest BCUT2D eigenvalue weighted by molar-refractivity contribution is -0.143. The van der Waals surface area contributed by atoms with Crippen molar-refractivity contribution in [2.24, 2.45) is 0 Å². The van der Waals surface area contributed by atoms with Crippen molar-refractivity contribution in [3.8, 4) is 45.3 Å². The van der Waals surface area contributed by atoms with Crippen LogP contribution in [0.3, 0.4) is 0 Å². The molecule has 1 aliphatic carbocycles. The highest BCUT2D eigenvalue weighted by molar-refractivity contribution is 6.34. The number of carbonyl (C=O) groups is 3. The number of ether oxygens (including phenoxy) is 3. The van der Waals surface area contributed by atoms with E-state index in [0.29, 0.717) is 48.7 Å². The number of phenolic OH excluding ortho intramolecular Hbond substituents is 2. The van der Waals surface area contributed by atoms with E-state index in [2.05, 4.69) is 6.92 Å². The fraction of sp³-hybridized carbons (Fsp3) is 0.270. The van der Waals surface area contributed by atoms with Gasteiger partial charge in [-0.3, -0.25) is 14.4 Å². The first-order chi connectivity index (χ1) is 22.7. The molecule has 5 rings (SSSR count). The lowest BCUT2D eigenvalue weighted by Gasteiger charge is -2.24. The number of nitrogens with two attached hydrogens (primary N) is 2. The summed E-state index contributed by atoms with van der Waals surface area (Å²) >= 11 is 0. The summed E-state index contributed by atoms with van der Waals surface area (Å²) in [4.78, 5) is 39.2. The standard InChI is InChI=1S/C37H38N2O8/c1-3-5-16-45-23-12-8-21(9-13-23)25-19-27(38)30-32(34(25)41)36(43)31-28(39)20-26(35(42)33(31)37(30)44)22-10-14-24(15-11-22)46-17-6-18-47-29(40)7-4-2/h8-15,19-20,41-42H,3-7,16-18,38-39H2,1-2H3. The number of anilines is 2. The second-order valence-corrected chi connectivity index (χ2v) is 11.3. The van der Waals surface area contributed by atoms with Crippen LogP contribution >= 0.6 is 0 Å². The molecule has 47 heavy (non-hydrogen) atoms. The van der Waals surface area contributed by atoms with Crippen LogP contribution in [0.25, 0.3) is 22.3 Å². The van der Waals surface area contributed by atoms with E-state index < -0.39 is 23.1 Å². The van der Waals surface area contributed by atoms with Crippen LogP contribution in [0, 0.1) is 0 Å². The number of benzene rings is 4. The van der Waals surface area contributed by atoms with Gasteiger partial charge in [0.15, 0.2) is 0 Å². The van der Waals surface area contributed by atoms with Crippen molar-refractivity contribution in [1.82, 2.24) is 0 Å². The Morgan fingerprint density at radius 3 is 1.51 bits per heavy atom. The van der Waals surface area contributed by atoms with Crippen LogP contribution in [0.4, 0.5) is 11.4 Å². The van der Waals surface area contributed by atoms with E-state index in [1.807, 2.05) is 6.92 Å². The number of aromatic hydroxyl groups is 2. The molecule has 0 saturated carbocycles. The van der Waals surface area contributed by atoms with E-state index in [9.17, 15) is 24.6 Å². The summed E-state index contributed by atoms with van der Waals surface area (Å²) in [6.45, 7) is 5.16. The highest BCUT2D eigenvalue weighted by atomic mass is 16.5. The Hall–Kier alpha value is -5.51. The predicted octanol–water partition coefficient (Wildman–Crippen LogP) is 6.66. The second kappa shape index (κ2) is 14.3. The van der Waals surface area contributed by atoms with Gasteiger partial charge in [-0.15, -0.1) is 0 Å². The molecule has 0 unspecified atom stereocenters. The number of ketones is 2. The number of fused-ring (bicyclic) bond motifs is 2. The van der Waals surface area contributed by atoms with Gasteiger partial charge >= 0.3 is 5.97 Å². The molecule has 0 amide bonds. The van der Waals surface area contributed by atoms with Crippen LogP contribution in [0.15, 0.2) is 60.7 Å². The molecule has 0 spiro atoms. The molecule has 244 valence electrons. The van der Waals surface area contributed by atoms with Crippen molar-refractivity contribution < 1.29 is 38.8 Å². The Morgan fingerprint density at radius 1 is 0.638 bits per heavy atom. The van der Waals surface area contributed by atoms with Gasteiger partial charge in [0.25, 0.3) is 0 Å². The maximum atomic E-state index is 13.9. The molecule has 10 nitrogen and oxygen atoms in total. The topological polar surface area (TPSA) is 171 Å². The number of phenols is 2. The summed E-state index contributed by atoms with van der Waals surface area (Å²) in [6, 6.07) is 16.6. The first-order valence-electron chi connectivity index (χ1n) is 15.7. The van der Waals surface area contributed by atoms with Crippen molar-refractivity contribution >= 4 is 28.9 Å². The molecule has 10 heteroatoms. The zero-order valence-electron chi connectivity index (χ0n) is 26.4. The number of hydrogen-bond donors (Lipinski definition) is 4. The Balaban J connectivity index is 1.40. The molecule has 0 aromatic heterocycles. The first-order valence-corrected chi connectivity index (χ1v) is 15.7. The lowest BCUT2D eigenvalue weighted by atomic mass is 9.78. The first kappa shape index (κ1) is 32.9. The summed E-state index contributed by atoms with van der Waals surface area (Å²) < 4.78 is 16.6. The largest absolute Gasteiger partial charge is 0.506 e. The van der Waals surface area contributed by atoms with Crippen molar-refractivity contribution in [1.29, 1.82) is 0 Å². The average Bonchev–Trinajstić information content (AvgIpc) is 3.06. The van der Waals surface area contributed by atoms with Gasteiger partial charge in [0.2, 0.25) is 11.6 Å². The molecule has 0 heterocycles. The fourth-order valence-corrected chi connectivity index (χ4v) is 5.52. The summed E-state index contributed by atoms with van der Waals surface area (Å²) in [5.41, 5.74) is 13.3. The van der Waals surface area contributed by atoms with Crippen molar-refractivity contribution in [2.45, 2.75) is 46.0 Å². The molecule has 0 bridgehead atoms. The summed E-state index contributed by atoms with van der Waals surface area (Å²) in [5, 5.41) is 22.7. The third-order valence-electron chi connectivity index (χ3n) is 7.94. The molecule has 0 atom stereocenters. The maximum Gasteiger partial charge on any atom is 0.305 e. The molecule has 1 aliphatic rings. The highest BCUT2D eigenvalue weighted by Gasteiger charge is 2.39. The number of rotatable bonds is 13. The molecule has 0 saturated heterocycles. The van der Waals surface area contributed by atoms with Gasteiger partial charge in [-0.1, -0.05) is 44.5 Å². The van der Waals surface area contributed by atoms with Crippen LogP contribution < -0.4 is 20.9 Å². The van der Waals surface area contributed by atoms with Gasteiger partial charge in [-0.05, 0) is 60.4 Å². The molecule has 4 aromatic rings. The number of hydrogen-bond acceptors (Lipinski definition) is 10. The summed E-state index contributed by atoms with van der Waals surface area (Å²) in [6.07, 6.45) is 3.57. The van der Waals surface area contributed by atoms with E-state index in [-0.39, 0.29) is 57.3 Å². The second-order valence-electron chi connectivity index (χ2n) is 11.3. The number of nitrogen functional groups attached to an aromatic ring is 2. The van der Waals surface area contributed by atoms with Crippen LogP contribution in [0.1, 0.15) is 77.8 Å². The van der Waals surface area contributed by atoms with Crippen LogP contribution in [-0.4, -0.2) is 47.6 Å². The van der Waals surface area contributed by atoms with Gasteiger partial charge in [0.1, 0.15) is 23.0 Å². The van der Waals surface area contributed by atoms with E-state index in [0.717, 1.165) is 19.3 Å². The molecule has 0 radical (unpaired) electrons. The minimum absolute atomic E-state index is 0.0231. The molecular formula is C37H38N2O8. The van der Waals surface area contributed by atoms with Crippen LogP contribution in [0.5, 0.6) is 23.0 Å². The zero-order chi connectivity index (χ0) is 33.7. The van der Waals surface area contributed by atoms with Crippen LogP contribution in [-0.2, 0) is 9.53 Å². The van der Waals surface area contributed by atoms with Crippen molar-refractivity contribution in [3.63, 3.8) is 0 Å². The van der Waals surface area contributed by atoms with Gasteiger partial charge in [-0.25, -0.2) is 0 Å². The smallest absolute Gasteiger partial charge is 0.305 e. The number of carbonyl (C=O) groups excluding carboxylic acids is 3. The lowest BCUT2D eigenvalue weighted by Crippen LogP contribution is -2.24. The summed E-state index contributed by atoms with van der Waals surface area (Å²) in [7, 11) is 0. The fourth-order valence-electron chi connectivity index (χ4n) is 5.52. The van der Waals surface area contributed by atoms with Crippen LogP contribution in [0.2, 0.25) is 0 Å². The normalized spacial score (nSPS) is 12.0. The predicted molar refractivity (Wildman–Crippen MR) is 179 cm³/mol. The molecule has 0 fully saturated rings. The summed E-state index contributed by atoms with van der Waals surface area (Å²) in [5.74, 6) is -1.29. The molecular weight excluding hydrogens is 600 g/mol. The van der Waals surface area contributed by atoms with Gasteiger partial charge < -0.3 is 35.9 Å². The van der Waals surface area contributed by atoms with Gasteiger partial charge in [0, 0.05) is 35.3 Å². The van der Waals surface area contributed by atoms with Crippen molar-refractivity contribution in [3.05, 3.63) is 82.9 Å². The Bertz CT molecular complexity index is 1810.